The van der Waals surface area contributed by atoms with E-state index in [9.17, 15) is 18.7 Å². The van der Waals surface area contributed by atoms with Crippen LogP contribution in [0, 0.1) is 24.5 Å². The van der Waals surface area contributed by atoms with Gasteiger partial charge in [-0.25, -0.2) is 13.8 Å². The second-order valence-electron chi connectivity index (χ2n) is 7.06. The fourth-order valence-electron chi connectivity index (χ4n) is 3.33. The first-order valence-electron chi connectivity index (χ1n) is 9.62. The third-order valence-electron chi connectivity index (χ3n) is 4.95. The summed E-state index contributed by atoms with van der Waals surface area (Å²) in [7, 11) is 0. The number of pyridine rings is 1. The highest BCUT2D eigenvalue weighted by molar-refractivity contribution is 7.98. The molecule has 3 rings (SSSR count). The molecular weight excluding hydrogens is 422 g/mol. The van der Waals surface area contributed by atoms with Gasteiger partial charge in [0.15, 0.2) is 17.2 Å². The molecule has 1 aromatic carbocycles. The Morgan fingerprint density at radius 3 is 2.61 bits per heavy atom. The van der Waals surface area contributed by atoms with Crippen molar-refractivity contribution in [2.24, 2.45) is 5.92 Å². The molecule has 0 aliphatic carbocycles. The standard InChI is InChI=1S/C22H24F2N2O3S.CH4/c1-14-21(19(28)11-15(12-27)8-10-30-2)26-9-4-7-20(22(26)25-14)29-13-16-17(23)5-3-6-18(16)24;/h3-7,9,15,27H,8,10-13H2,1-2H3;1H4/t15-;/m0./s1. The lowest BCUT2D eigenvalue weighted by molar-refractivity contribution is 0.0928. The molecule has 3 aromatic rings. The summed E-state index contributed by atoms with van der Waals surface area (Å²) < 4.78 is 35.0. The molecule has 0 radical (unpaired) electrons. The number of thioether (sulfide) groups is 1. The number of aryl methyl sites for hydroxylation is 1. The Morgan fingerprint density at radius 2 is 1.97 bits per heavy atom. The predicted molar refractivity (Wildman–Crippen MR) is 120 cm³/mol. The van der Waals surface area contributed by atoms with E-state index in [-0.39, 0.29) is 44.3 Å². The van der Waals surface area contributed by atoms with Gasteiger partial charge in [-0.05, 0) is 55.5 Å². The minimum absolute atomic E-state index is 0. The van der Waals surface area contributed by atoms with Crippen molar-refractivity contribution in [3.8, 4) is 5.75 Å². The number of ether oxygens (including phenoxy) is 1. The summed E-state index contributed by atoms with van der Waals surface area (Å²) >= 11 is 1.67. The van der Waals surface area contributed by atoms with E-state index in [0.29, 0.717) is 22.8 Å². The molecule has 0 amide bonds. The van der Waals surface area contributed by atoms with E-state index < -0.39 is 11.6 Å². The van der Waals surface area contributed by atoms with E-state index in [1.165, 1.54) is 18.2 Å². The van der Waals surface area contributed by atoms with Gasteiger partial charge in [-0.3, -0.25) is 9.20 Å². The summed E-state index contributed by atoms with van der Waals surface area (Å²) in [6.07, 6.45) is 4.66. The number of aromatic nitrogens is 2. The fourth-order valence-corrected chi connectivity index (χ4v) is 3.90. The lowest BCUT2D eigenvalue weighted by atomic mass is 9.98. The molecule has 31 heavy (non-hydrogen) atoms. The second-order valence-corrected chi connectivity index (χ2v) is 8.04. The number of benzene rings is 1. The van der Waals surface area contributed by atoms with Crippen LogP contribution in [0.3, 0.4) is 0 Å². The molecule has 0 bridgehead atoms. The van der Waals surface area contributed by atoms with E-state index in [1.54, 1.807) is 41.4 Å². The second kappa shape index (κ2) is 11.2. The van der Waals surface area contributed by atoms with Gasteiger partial charge < -0.3 is 9.84 Å². The molecule has 0 aliphatic rings. The summed E-state index contributed by atoms with van der Waals surface area (Å²) in [5.74, 6) is -0.399. The maximum absolute atomic E-state index is 13.9. The van der Waals surface area contributed by atoms with Crippen LogP contribution in [0.15, 0.2) is 36.5 Å². The number of halogens is 2. The molecule has 8 heteroatoms. The zero-order valence-corrected chi connectivity index (χ0v) is 17.7. The van der Waals surface area contributed by atoms with Gasteiger partial charge in [-0.15, -0.1) is 0 Å². The summed E-state index contributed by atoms with van der Waals surface area (Å²) in [5, 5.41) is 9.58. The number of imidazole rings is 1. The Morgan fingerprint density at radius 1 is 1.26 bits per heavy atom. The van der Waals surface area contributed by atoms with Crippen LogP contribution >= 0.6 is 11.8 Å². The first kappa shape index (κ1) is 24.8. The highest BCUT2D eigenvalue weighted by Crippen LogP contribution is 2.26. The number of hydrogen-bond donors (Lipinski definition) is 1. The molecule has 168 valence electrons. The number of ketones is 1. The van der Waals surface area contributed by atoms with Crippen LogP contribution in [0.4, 0.5) is 8.78 Å². The van der Waals surface area contributed by atoms with Crippen molar-refractivity contribution in [1.29, 1.82) is 0 Å². The van der Waals surface area contributed by atoms with Crippen molar-refractivity contribution >= 4 is 23.2 Å². The molecule has 2 heterocycles. The summed E-state index contributed by atoms with van der Waals surface area (Å²) in [6, 6.07) is 6.98. The number of fused-ring (bicyclic) bond motifs is 1. The van der Waals surface area contributed by atoms with E-state index in [0.717, 1.165) is 12.2 Å². The fraction of sp³-hybridized carbons (Fsp3) is 0.391. The number of rotatable bonds is 10. The van der Waals surface area contributed by atoms with Crippen LogP contribution in [0.25, 0.3) is 5.65 Å². The van der Waals surface area contributed by atoms with Gasteiger partial charge >= 0.3 is 0 Å². The number of carbonyl (C=O) groups is 1. The smallest absolute Gasteiger partial charge is 0.181 e. The number of Topliss-reactive ketones (excluding diaryl/α,β-unsaturated/α-hetero) is 1. The van der Waals surface area contributed by atoms with Crippen molar-refractivity contribution < 1.29 is 23.4 Å². The third-order valence-corrected chi connectivity index (χ3v) is 5.59. The largest absolute Gasteiger partial charge is 0.485 e. The highest BCUT2D eigenvalue weighted by atomic mass is 32.2. The Hall–Kier alpha value is -2.45. The van der Waals surface area contributed by atoms with Crippen LogP contribution in [0.5, 0.6) is 5.75 Å². The topological polar surface area (TPSA) is 63.8 Å². The Balaban J connectivity index is 0.00000341. The molecule has 0 aliphatic heterocycles. The van der Waals surface area contributed by atoms with Gasteiger partial charge in [-0.2, -0.15) is 11.8 Å². The summed E-state index contributed by atoms with van der Waals surface area (Å²) in [5.41, 5.74) is 1.20. The average Bonchev–Trinajstić information content (AvgIpc) is 3.07. The monoisotopic (exact) mass is 450 g/mol. The zero-order chi connectivity index (χ0) is 21.7. The molecule has 1 atom stereocenters. The maximum atomic E-state index is 13.9. The quantitative estimate of drug-likeness (QED) is 0.437. The van der Waals surface area contributed by atoms with E-state index in [2.05, 4.69) is 4.98 Å². The van der Waals surface area contributed by atoms with Crippen LogP contribution in [-0.2, 0) is 6.61 Å². The van der Waals surface area contributed by atoms with Gasteiger partial charge in [0.2, 0.25) is 0 Å². The first-order valence-corrected chi connectivity index (χ1v) is 11.0. The van der Waals surface area contributed by atoms with Crippen molar-refractivity contribution in [3.63, 3.8) is 0 Å². The van der Waals surface area contributed by atoms with Gasteiger partial charge in [0.05, 0.1) is 11.3 Å². The number of carbonyl (C=O) groups excluding carboxylic acids is 1. The number of aliphatic hydroxyl groups excluding tert-OH is 1. The zero-order valence-electron chi connectivity index (χ0n) is 16.9. The van der Waals surface area contributed by atoms with Crippen LogP contribution in [-0.4, -0.2) is 38.9 Å². The van der Waals surface area contributed by atoms with Gasteiger partial charge in [-0.1, -0.05) is 13.5 Å². The van der Waals surface area contributed by atoms with E-state index in [1.807, 2.05) is 6.26 Å². The molecule has 0 unspecified atom stereocenters. The SMILES string of the molecule is C.CSCC[C@H](CO)CC(=O)c1c(C)nc2c(OCc3c(F)cccc3F)cccn12. The van der Waals surface area contributed by atoms with Crippen LogP contribution < -0.4 is 4.74 Å². The molecule has 0 spiro atoms. The van der Waals surface area contributed by atoms with Gasteiger partial charge in [0, 0.05) is 19.2 Å². The number of hydrogen-bond acceptors (Lipinski definition) is 5. The normalized spacial score (nSPS) is 11.9. The van der Waals surface area contributed by atoms with Crippen molar-refractivity contribution in [1.82, 2.24) is 9.38 Å². The van der Waals surface area contributed by atoms with Crippen LogP contribution in [0.2, 0.25) is 0 Å². The molecule has 1 N–H and O–H groups in total. The molecule has 5 nitrogen and oxygen atoms in total. The lowest BCUT2D eigenvalue weighted by Gasteiger charge is -2.13. The Bertz CT molecular complexity index is 1020. The number of aliphatic hydroxyl groups is 1. The minimum Gasteiger partial charge on any atom is -0.485 e. The molecule has 2 aromatic heterocycles. The Kier molecular flexibility index (Phi) is 9.00. The molecular formula is C23H28F2N2O3S. The van der Waals surface area contributed by atoms with Gasteiger partial charge in [0.25, 0.3) is 0 Å². The van der Waals surface area contributed by atoms with E-state index >= 15 is 0 Å². The third kappa shape index (κ3) is 5.62. The van der Waals surface area contributed by atoms with Gasteiger partial charge in [0.1, 0.15) is 23.9 Å². The van der Waals surface area contributed by atoms with Crippen LogP contribution in [0.1, 0.15) is 42.0 Å². The lowest BCUT2D eigenvalue weighted by Crippen LogP contribution is -2.15. The summed E-state index contributed by atoms with van der Waals surface area (Å²) in [6.45, 7) is 1.38. The Labute approximate surface area is 185 Å². The first-order chi connectivity index (χ1) is 14.5. The van der Waals surface area contributed by atoms with E-state index in [4.69, 9.17) is 4.74 Å². The van der Waals surface area contributed by atoms with Crippen molar-refractivity contribution in [3.05, 3.63) is 65.1 Å². The number of nitrogens with zero attached hydrogens (tertiary/aromatic N) is 2. The average molecular weight is 451 g/mol. The molecule has 0 fully saturated rings. The summed E-state index contributed by atoms with van der Waals surface area (Å²) in [4.78, 5) is 17.4. The van der Waals surface area contributed by atoms with Crippen molar-refractivity contribution in [2.45, 2.75) is 33.8 Å². The predicted octanol–water partition coefficient (Wildman–Crippen LogP) is 5.07. The molecule has 0 saturated heterocycles. The highest BCUT2D eigenvalue weighted by Gasteiger charge is 2.22. The maximum Gasteiger partial charge on any atom is 0.181 e. The molecule has 0 saturated carbocycles. The van der Waals surface area contributed by atoms with Crippen molar-refractivity contribution in [2.75, 3.05) is 18.6 Å². The minimum atomic E-state index is -0.683.